The molecule has 3 amide bonds. The molecule has 0 bridgehead atoms. The van der Waals surface area contributed by atoms with Crippen LogP contribution in [-0.4, -0.2) is 28.5 Å². The molecule has 4 rings (SSSR count). The van der Waals surface area contributed by atoms with Gasteiger partial charge in [-0.05, 0) is 66.4 Å². The van der Waals surface area contributed by atoms with E-state index in [0.717, 1.165) is 4.90 Å². The van der Waals surface area contributed by atoms with Gasteiger partial charge in [0, 0.05) is 22.3 Å². The minimum absolute atomic E-state index is 0.118. The SMILES string of the molecule is O=C(CN1C(=O)S/C(=C\c2ccc(-c3ccc(Cl)cc3Cl)o2)C1=O)Nc1ccc(F)cc1. The highest BCUT2D eigenvalue weighted by molar-refractivity contribution is 8.18. The van der Waals surface area contributed by atoms with Crippen molar-refractivity contribution in [3.05, 3.63) is 81.1 Å². The monoisotopic (exact) mass is 490 g/mol. The number of nitrogens with zero attached hydrogens (tertiary/aromatic N) is 1. The number of carbonyl (C=O) groups is 3. The first-order valence-electron chi connectivity index (χ1n) is 9.16. The van der Waals surface area contributed by atoms with E-state index in [-0.39, 0.29) is 4.91 Å². The van der Waals surface area contributed by atoms with Crippen molar-refractivity contribution in [1.82, 2.24) is 4.90 Å². The predicted molar refractivity (Wildman–Crippen MR) is 122 cm³/mol. The van der Waals surface area contributed by atoms with E-state index in [1.54, 1.807) is 30.3 Å². The first-order chi connectivity index (χ1) is 15.3. The standard InChI is InChI=1S/C22H13Cl2FN2O4S/c23-12-1-7-16(17(24)9-12)18-8-6-15(31-18)10-19-21(29)27(22(30)32-19)11-20(28)26-14-4-2-13(25)3-5-14/h1-10H,11H2,(H,26,28)/b19-10-. The lowest BCUT2D eigenvalue weighted by Crippen LogP contribution is -2.36. The number of imide groups is 1. The second-order valence-corrected chi connectivity index (χ2v) is 8.49. The Morgan fingerprint density at radius 3 is 2.56 bits per heavy atom. The summed E-state index contributed by atoms with van der Waals surface area (Å²) in [6, 6.07) is 13.4. The number of benzene rings is 2. The minimum Gasteiger partial charge on any atom is -0.457 e. The van der Waals surface area contributed by atoms with Crippen molar-refractivity contribution in [3.8, 4) is 11.3 Å². The molecule has 0 aliphatic carbocycles. The summed E-state index contributed by atoms with van der Waals surface area (Å²) in [5.74, 6) is -0.837. The van der Waals surface area contributed by atoms with Crippen molar-refractivity contribution >= 4 is 63.8 Å². The fourth-order valence-corrected chi connectivity index (χ4v) is 4.23. The summed E-state index contributed by atoms with van der Waals surface area (Å²) in [7, 11) is 0. The van der Waals surface area contributed by atoms with Gasteiger partial charge in [-0.2, -0.15) is 0 Å². The second kappa shape index (κ2) is 9.20. The lowest BCUT2D eigenvalue weighted by molar-refractivity contribution is -0.127. The molecule has 32 heavy (non-hydrogen) atoms. The molecule has 10 heteroatoms. The summed E-state index contributed by atoms with van der Waals surface area (Å²) in [6.07, 6.45) is 1.43. The van der Waals surface area contributed by atoms with Crippen molar-refractivity contribution < 1.29 is 23.2 Å². The Hall–Kier alpha value is -3.07. The average Bonchev–Trinajstić information content (AvgIpc) is 3.30. The maximum atomic E-state index is 13.0. The van der Waals surface area contributed by atoms with E-state index >= 15 is 0 Å². The lowest BCUT2D eigenvalue weighted by Gasteiger charge is -2.12. The molecule has 1 N–H and O–H groups in total. The van der Waals surface area contributed by atoms with Gasteiger partial charge in [0.15, 0.2) is 0 Å². The highest BCUT2D eigenvalue weighted by atomic mass is 35.5. The zero-order valence-corrected chi connectivity index (χ0v) is 18.4. The molecule has 6 nitrogen and oxygen atoms in total. The van der Waals surface area contributed by atoms with E-state index in [1.165, 1.54) is 30.3 Å². The third-order valence-corrected chi connectivity index (χ3v) is 5.86. The van der Waals surface area contributed by atoms with Gasteiger partial charge in [-0.25, -0.2) is 4.39 Å². The third kappa shape index (κ3) is 4.88. The first kappa shape index (κ1) is 22.1. The summed E-state index contributed by atoms with van der Waals surface area (Å²) in [6.45, 7) is -0.469. The molecule has 3 aromatic rings. The van der Waals surface area contributed by atoms with Crippen LogP contribution in [0.4, 0.5) is 14.9 Å². The number of halogens is 3. The summed E-state index contributed by atoms with van der Waals surface area (Å²) < 4.78 is 18.7. The molecular weight excluding hydrogens is 478 g/mol. The molecule has 0 saturated carbocycles. The van der Waals surface area contributed by atoms with Crippen LogP contribution in [0.1, 0.15) is 5.76 Å². The highest BCUT2D eigenvalue weighted by Gasteiger charge is 2.36. The normalized spacial score (nSPS) is 15.0. The number of anilines is 1. The van der Waals surface area contributed by atoms with Crippen LogP contribution >= 0.6 is 35.0 Å². The predicted octanol–water partition coefficient (Wildman–Crippen LogP) is 6.07. The second-order valence-electron chi connectivity index (χ2n) is 6.65. The van der Waals surface area contributed by atoms with E-state index < -0.39 is 29.4 Å². The van der Waals surface area contributed by atoms with Gasteiger partial charge >= 0.3 is 0 Å². The quantitative estimate of drug-likeness (QED) is 0.439. The number of nitrogens with one attached hydrogen (secondary N) is 1. The fraction of sp³-hybridized carbons (Fsp3) is 0.0455. The number of amides is 3. The van der Waals surface area contributed by atoms with Crippen molar-refractivity contribution in [2.24, 2.45) is 0 Å². The lowest BCUT2D eigenvalue weighted by atomic mass is 10.2. The molecule has 0 radical (unpaired) electrons. The van der Waals surface area contributed by atoms with Crippen LogP contribution in [0.15, 0.2) is 63.9 Å². The Labute approximate surface area is 196 Å². The van der Waals surface area contributed by atoms with Crippen molar-refractivity contribution in [2.75, 3.05) is 11.9 Å². The van der Waals surface area contributed by atoms with Crippen LogP contribution in [0.25, 0.3) is 17.4 Å². The van der Waals surface area contributed by atoms with E-state index in [0.29, 0.717) is 44.6 Å². The van der Waals surface area contributed by atoms with Crippen molar-refractivity contribution in [3.63, 3.8) is 0 Å². The van der Waals surface area contributed by atoms with Crippen LogP contribution in [0.3, 0.4) is 0 Å². The molecule has 1 saturated heterocycles. The molecule has 2 aromatic carbocycles. The van der Waals surface area contributed by atoms with Gasteiger partial charge in [-0.15, -0.1) is 0 Å². The molecule has 1 fully saturated rings. The summed E-state index contributed by atoms with van der Waals surface area (Å²) in [4.78, 5) is 38.0. The number of rotatable bonds is 5. The summed E-state index contributed by atoms with van der Waals surface area (Å²) >= 11 is 12.8. The highest BCUT2D eigenvalue weighted by Crippen LogP contribution is 2.35. The number of furan rings is 1. The molecule has 0 atom stereocenters. The Bertz CT molecular complexity index is 1260. The Kier molecular flexibility index (Phi) is 6.36. The molecular formula is C22H13Cl2FN2O4S. The number of hydrogen-bond acceptors (Lipinski definition) is 5. The largest absolute Gasteiger partial charge is 0.457 e. The Morgan fingerprint density at radius 2 is 1.84 bits per heavy atom. The average molecular weight is 491 g/mol. The van der Waals surface area contributed by atoms with Crippen molar-refractivity contribution in [2.45, 2.75) is 0 Å². The minimum atomic E-state index is -0.614. The Balaban J connectivity index is 1.46. The first-order valence-corrected chi connectivity index (χ1v) is 10.7. The van der Waals surface area contributed by atoms with Crippen LogP contribution in [0.5, 0.6) is 0 Å². The number of thioether (sulfide) groups is 1. The van der Waals surface area contributed by atoms with E-state index in [4.69, 9.17) is 27.6 Å². The van der Waals surface area contributed by atoms with Gasteiger partial charge in [0.2, 0.25) is 5.91 Å². The molecule has 2 heterocycles. The zero-order valence-electron chi connectivity index (χ0n) is 16.1. The van der Waals surface area contributed by atoms with E-state index in [1.807, 2.05) is 0 Å². The molecule has 162 valence electrons. The summed E-state index contributed by atoms with van der Waals surface area (Å²) in [5, 5.41) is 2.83. The van der Waals surface area contributed by atoms with Gasteiger partial charge in [0.05, 0.1) is 9.93 Å². The van der Waals surface area contributed by atoms with Crippen LogP contribution < -0.4 is 5.32 Å². The van der Waals surface area contributed by atoms with Gasteiger partial charge in [0.1, 0.15) is 23.9 Å². The van der Waals surface area contributed by atoms with Gasteiger partial charge in [-0.1, -0.05) is 23.2 Å². The van der Waals surface area contributed by atoms with E-state index in [2.05, 4.69) is 5.32 Å². The van der Waals surface area contributed by atoms with Gasteiger partial charge in [0.25, 0.3) is 11.1 Å². The molecule has 1 aliphatic rings. The molecule has 1 aromatic heterocycles. The third-order valence-electron chi connectivity index (χ3n) is 4.40. The fourth-order valence-electron chi connectivity index (χ4n) is 2.91. The number of carbonyl (C=O) groups excluding carboxylic acids is 3. The Morgan fingerprint density at radius 1 is 1.09 bits per heavy atom. The van der Waals surface area contributed by atoms with Crippen LogP contribution in [0, 0.1) is 5.82 Å². The van der Waals surface area contributed by atoms with Crippen LogP contribution in [0.2, 0.25) is 10.0 Å². The van der Waals surface area contributed by atoms with Crippen LogP contribution in [-0.2, 0) is 9.59 Å². The zero-order chi connectivity index (χ0) is 22.8. The van der Waals surface area contributed by atoms with Crippen molar-refractivity contribution in [1.29, 1.82) is 0 Å². The molecule has 1 aliphatic heterocycles. The maximum Gasteiger partial charge on any atom is 0.294 e. The van der Waals surface area contributed by atoms with E-state index in [9.17, 15) is 18.8 Å². The molecule has 0 unspecified atom stereocenters. The number of hydrogen-bond donors (Lipinski definition) is 1. The maximum absolute atomic E-state index is 13.0. The molecule has 0 spiro atoms. The summed E-state index contributed by atoms with van der Waals surface area (Å²) in [5.41, 5.74) is 0.976. The van der Waals surface area contributed by atoms with Gasteiger partial charge in [-0.3, -0.25) is 19.3 Å². The topological polar surface area (TPSA) is 79.6 Å². The van der Waals surface area contributed by atoms with Gasteiger partial charge < -0.3 is 9.73 Å². The smallest absolute Gasteiger partial charge is 0.294 e.